The molecule has 0 spiro atoms. The van der Waals surface area contributed by atoms with Gasteiger partial charge in [0.1, 0.15) is 12.3 Å². The zero-order valence-corrected chi connectivity index (χ0v) is 11.9. The Morgan fingerprint density at radius 1 is 1.33 bits per heavy atom. The second kappa shape index (κ2) is 6.31. The molecular weight excluding hydrogens is 284 g/mol. The summed E-state index contributed by atoms with van der Waals surface area (Å²) < 4.78 is 1.76. The molecule has 3 aromatic heterocycles. The smallest absolute Gasteiger partial charge is 0.123 e. The molecule has 0 amide bonds. The van der Waals surface area contributed by atoms with Crippen LogP contribution in [0.15, 0.2) is 42.0 Å². The number of hydrogen-bond acceptors (Lipinski definition) is 5. The van der Waals surface area contributed by atoms with Crippen LogP contribution in [0.3, 0.4) is 0 Å². The first kappa shape index (κ1) is 13.5. The molecule has 3 aromatic rings. The third-order valence-corrected chi connectivity index (χ3v) is 3.71. The second-order valence-corrected chi connectivity index (χ2v) is 5.19. The highest BCUT2D eigenvalue weighted by molar-refractivity contribution is 7.13. The van der Waals surface area contributed by atoms with E-state index in [0.29, 0.717) is 6.54 Å². The van der Waals surface area contributed by atoms with Gasteiger partial charge in [0.05, 0.1) is 23.3 Å². The van der Waals surface area contributed by atoms with Gasteiger partial charge in [-0.3, -0.25) is 4.98 Å². The molecule has 0 radical (unpaired) electrons. The van der Waals surface area contributed by atoms with Crippen LogP contribution in [0.4, 0.5) is 0 Å². The van der Waals surface area contributed by atoms with E-state index in [2.05, 4.69) is 27.1 Å². The number of thiophene rings is 1. The Bertz CT molecular complexity index is 783. The van der Waals surface area contributed by atoms with E-state index in [4.69, 9.17) is 5.11 Å². The molecule has 0 fully saturated rings. The zero-order valence-electron chi connectivity index (χ0n) is 11.1. The number of aliphatic hydroxyl groups is 1. The summed E-state index contributed by atoms with van der Waals surface area (Å²) in [6.07, 6.45) is 3.66. The summed E-state index contributed by atoms with van der Waals surface area (Å²) in [5, 5.41) is 18.9. The van der Waals surface area contributed by atoms with Crippen molar-refractivity contribution in [3.8, 4) is 22.4 Å². The number of aliphatic hydroxyl groups excluding tert-OH is 1. The van der Waals surface area contributed by atoms with Crippen LogP contribution in [0, 0.1) is 11.8 Å². The lowest BCUT2D eigenvalue weighted by Crippen LogP contribution is -2.01. The lowest BCUT2D eigenvalue weighted by molar-refractivity contribution is 0.350. The lowest BCUT2D eigenvalue weighted by atomic mass is 10.3. The minimum absolute atomic E-state index is 0.133. The summed E-state index contributed by atoms with van der Waals surface area (Å²) >= 11 is 1.56. The summed E-state index contributed by atoms with van der Waals surface area (Å²) in [7, 11) is 0. The summed E-state index contributed by atoms with van der Waals surface area (Å²) in [5.41, 5.74) is 2.63. The van der Waals surface area contributed by atoms with E-state index in [0.717, 1.165) is 21.8 Å². The fourth-order valence-corrected chi connectivity index (χ4v) is 2.61. The topological polar surface area (TPSA) is 63.8 Å². The second-order valence-electron chi connectivity index (χ2n) is 4.28. The molecule has 0 aliphatic rings. The molecule has 3 rings (SSSR count). The van der Waals surface area contributed by atoms with Crippen molar-refractivity contribution in [1.82, 2.24) is 20.0 Å². The van der Waals surface area contributed by atoms with Crippen LogP contribution in [0.1, 0.15) is 11.3 Å². The molecule has 0 bridgehead atoms. The molecule has 3 heterocycles. The summed E-state index contributed by atoms with van der Waals surface area (Å²) in [5.74, 6) is 5.51. The standard InChI is InChI=1S/C15H12N4OS/c20-7-3-4-12-8-15(21-11-12)14-10-19(18-17-14)9-13-5-1-2-6-16-13/h1-2,5-6,8,10-11,20H,7,9H2. The van der Waals surface area contributed by atoms with E-state index in [1.165, 1.54) is 0 Å². The van der Waals surface area contributed by atoms with Gasteiger partial charge in [0.2, 0.25) is 0 Å². The van der Waals surface area contributed by atoms with Crippen molar-refractivity contribution in [1.29, 1.82) is 0 Å². The van der Waals surface area contributed by atoms with Gasteiger partial charge >= 0.3 is 0 Å². The largest absolute Gasteiger partial charge is 0.384 e. The maximum atomic E-state index is 8.69. The van der Waals surface area contributed by atoms with Gasteiger partial charge in [-0.1, -0.05) is 23.1 Å². The van der Waals surface area contributed by atoms with Crippen molar-refractivity contribution in [3.05, 3.63) is 53.3 Å². The zero-order chi connectivity index (χ0) is 14.5. The Hall–Kier alpha value is -2.49. The van der Waals surface area contributed by atoms with E-state index in [1.807, 2.05) is 35.8 Å². The van der Waals surface area contributed by atoms with Gasteiger partial charge in [0.15, 0.2) is 0 Å². The molecule has 0 aromatic carbocycles. The van der Waals surface area contributed by atoms with Crippen molar-refractivity contribution in [2.75, 3.05) is 6.61 Å². The summed E-state index contributed by atoms with van der Waals surface area (Å²) in [6.45, 7) is 0.460. The highest BCUT2D eigenvalue weighted by atomic mass is 32.1. The Kier molecular flexibility index (Phi) is 4.05. The number of nitrogens with zero attached hydrogens (tertiary/aromatic N) is 4. The van der Waals surface area contributed by atoms with Crippen LogP contribution in [0.5, 0.6) is 0 Å². The molecule has 0 saturated carbocycles. The SMILES string of the molecule is OCC#Cc1csc(-c2cn(Cc3ccccn3)nn2)c1. The fraction of sp³-hybridized carbons (Fsp3) is 0.133. The summed E-state index contributed by atoms with van der Waals surface area (Å²) in [4.78, 5) is 5.27. The first-order valence-corrected chi connectivity index (χ1v) is 7.22. The van der Waals surface area contributed by atoms with E-state index in [9.17, 15) is 0 Å². The molecule has 104 valence electrons. The number of aromatic nitrogens is 4. The van der Waals surface area contributed by atoms with E-state index < -0.39 is 0 Å². The molecule has 0 atom stereocenters. The van der Waals surface area contributed by atoms with Crippen LogP contribution in [0.2, 0.25) is 0 Å². The summed E-state index contributed by atoms with van der Waals surface area (Å²) in [6, 6.07) is 7.74. The number of hydrogen-bond donors (Lipinski definition) is 1. The maximum Gasteiger partial charge on any atom is 0.123 e. The van der Waals surface area contributed by atoms with Crippen molar-refractivity contribution in [3.63, 3.8) is 0 Å². The predicted octanol–water partition coefficient (Wildman–Crippen LogP) is 1.79. The van der Waals surface area contributed by atoms with Crippen LogP contribution in [0.25, 0.3) is 10.6 Å². The monoisotopic (exact) mass is 296 g/mol. The van der Waals surface area contributed by atoms with Gasteiger partial charge in [-0.2, -0.15) is 0 Å². The molecule has 5 nitrogen and oxygen atoms in total. The molecular formula is C15H12N4OS. The van der Waals surface area contributed by atoms with Crippen LogP contribution in [-0.4, -0.2) is 31.7 Å². The Labute approximate surface area is 125 Å². The van der Waals surface area contributed by atoms with Crippen molar-refractivity contribution < 1.29 is 5.11 Å². The number of rotatable bonds is 3. The first-order chi connectivity index (χ1) is 10.3. The van der Waals surface area contributed by atoms with Gasteiger partial charge in [0.25, 0.3) is 0 Å². The van der Waals surface area contributed by atoms with Gasteiger partial charge in [-0.15, -0.1) is 16.4 Å². The molecule has 0 aliphatic carbocycles. The van der Waals surface area contributed by atoms with Gasteiger partial charge < -0.3 is 5.11 Å². The average molecular weight is 296 g/mol. The third-order valence-electron chi connectivity index (χ3n) is 2.75. The quantitative estimate of drug-likeness (QED) is 0.749. The predicted molar refractivity (Wildman–Crippen MR) is 80.6 cm³/mol. The first-order valence-electron chi connectivity index (χ1n) is 6.34. The van der Waals surface area contributed by atoms with Crippen LogP contribution < -0.4 is 0 Å². The Morgan fingerprint density at radius 3 is 3.10 bits per heavy atom. The normalized spacial score (nSPS) is 10.1. The van der Waals surface area contributed by atoms with Crippen molar-refractivity contribution >= 4 is 11.3 Å². The molecule has 1 N–H and O–H groups in total. The molecule has 0 aliphatic heterocycles. The van der Waals surface area contributed by atoms with Crippen molar-refractivity contribution in [2.24, 2.45) is 0 Å². The molecule has 21 heavy (non-hydrogen) atoms. The Balaban J connectivity index is 1.77. The molecule has 0 unspecified atom stereocenters. The van der Waals surface area contributed by atoms with E-state index in [1.54, 1.807) is 22.2 Å². The third kappa shape index (κ3) is 3.34. The van der Waals surface area contributed by atoms with E-state index in [-0.39, 0.29) is 6.61 Å². The molecule has 6 heteroatoms. The minimum atomic E-state index is -0.133. The minimum Gasteiger partial charge on any atom is -0.384 e. The Morgan fingerprint density at radius 2 is 2.29 bits per heavy atom. The highest BCUT2D eigenvalue weighted by Crippen LogP contribution is 2.24. The van der Waals surface area contributed by atoms with Gasteiger partial charge in [-0.25, -0.2) is 4.68 Å². The maximum absolute atomic E-state index is 8.69. The van der Waals surface area contributed by atoms with E-state index >= 15 is 0 Å². The molecule has 0 saturated heterocycles. The van der Waals surface area contributed by atoms with Gasteiger partial charge in [0, 0.05) is 17.1 Å². The number of pyridine rings is 1. The van der Waals surface area contributed by atoms with Crippen molar-refractivity contribution in [2.45, 2.75) is 6.54 Å². The fourth-order valence-electron chi connectivity index (χ4n) is 1.82. The van der Waals surface area contributed by atoms with Crippen LogP contribution >= 0.6 is 11.3 Å². The van der Waals surface area contributed by atoms with Gasteiger partial charge in [-0.05, 0) is 18.2 Å². The average Bonchev–Trinajstić information content (AvgIpc) is 3.15. The highest BCUT2D eigenvalue weighted by Gasteiger charge is 2.07. The lowest BCUT2D eigenvalue weighted by Gasteiger charge is -1.98. The van der Waals surface area contributed by atoms with Crippen LogP contribution in [-0.2, 0) is 6.54 Å².